The van der Waals surface area contributed by atoms with Gasteiger partial charge in [0.2, 0.25) is 0 Å². The van der Waals surface area contributed by atoms with Gasteiger partial charge in [-0.1, -0.05) is 0 Å². The van der Waals surface area contributed by atoms with E-state index in [0.717, 1.165) is 12.2 Å². The minimum Gasteiger partial charge on any atom is -0.269 e. The molecular weight excluding hydrogens is 378 g/mol. The van der Waals surface area contributed by atoms with Gasteiger partial charge < -0.3 is 0 Å². The molecule has 0 atom stereocenters. The Kier molecular flexibility index (Phi) is 8.74. The number of benzene rings is 1. The van der Waals surface area contributed by atoms with Gasteiger partial charge in [-0.05, 0) is 0 Å². The molecule has 0 fully saturated rings. The topological polar surface area (TPSA) is 9.23 Å². The maximum absolute atomic E-state index is 6.59. The summed E-state index contributed by atoms with van der Waals surface area (Å²) >= 11 is -0.578. The molecular formula is C23H36F2OTi. The van der Waals surface area contributed by atoms with Crippen LogP contribution in [0.3, 0.4) is 0 Å². The fourth-order valence-electron chi connectivity index (χ4n) is 2.93. The predicted octanol–water partition coefficient (Wildman–Crippen LogP) is 7.10. The number of allylic oxidation sites excluding steroid dienone is 4. The van der Waals surface area contributed by atoms with Gasteiger partial charge in [-0.25, -0.2) is 0 Å². The zero-order chi connectivity index (χ0) is 19.0. The van der Waals surface area contributed by atoms with Gasteiger partial charge in [-0.2, -0.15) is 0 Å². The molecule has 0 N–H and O–H groups in total. The molecule has 0 heterocycles. The van der Waals surface area contributed by atoms with Gasteiger partial charge in [-0.3, -0.25) is 9.41 Å². The third kappa shape index (κ3) is 6.57. The Balaban J connectivity index is 0.00000338. The van der Waals surface area contributed by atoms with E-state index in [-0.39, 0.29) is 25.7 Å². The van der Waals surface area contributed by atoms with Gasteiger partial charge in [0.25, 0.3) is 0 Å². The molecule has 0 amide bonds. The summed E-state index contributed by atoms with van der Waals surface area (Å²) in [5, 5.41) is 0. The van der Waals surface area contributed by atoms with Crippen LogP contribution in [0.25, 0.3) is 0 Å². The largest absolute Gasteiger partial charge is 0.269 e. The molecule has 0 saturated heterocycles. The Morgan fingerprint density at radius 3 is 1.59 bits per heavy atom. The number of hydrogen-bond donors (Lipinski definition) is 0. The van der Waals surface area contributed by atoms with Crippen LogP contribution in [0.15, 0.2) is 34.2 Å². The molecule has 27 heavy (non-hydrogen) atoms. The van der Waals surface area contributed by atoms with Crippen molar-refractivity contribution in [3.05, 3.63) is 50.9 Å². The number of rotatable bonds is 3. The molecule has 1 nitrogen and oxygen atoms in total. The van der Waals surface area contributed by atoms with E-state index in [9.17, 15) is 0 Å². The zero-order valence-electron chi connectivity index (χ0n) is 18.3. The summed E-state index contributed by atoms with van der Waals surface area (Å²) in [6.45, 7) is 20.7. The second-order valence-electron chi connectivity index (χ2n) is 10.2. The maximum atomic E-state index is 6.59. The summed E-state index contributed by atoms with van der Waals surface area (Å²) in [7, 11) is 0. The minimum absolute atomic E-state index is 0. The van der Waals surface area contributed by atoms with Crippen LogP contribution in [-0.4, -0.2) is 0 Å². The van der Waals surface area contributed by atoms with Gasteiger partial charge in [0.1, 0.15) is 0 Å². The molecule has 1 aromatic carbocycles. The fourth-order valence-corrected chi connectivity index (χ4v) is 4.20. The van der Waals surface area contributed by atoms with Crippen LogP contribution in [0.5, 0.6) is 5.75 Å². The second-order valence-corrected chi connectivity index (χ2v) is 11.8. The SMILES string of the molecule is CC(C)(C)c1cc(C(C)(C)C)c([O][Ti][C]2=CC=CC2)c(C(C)(C)C)c1.F.F. The van der Waals surface area contributed by atoms with Crippen molar-refractivity contribution in [3.8, 4) is 5.75 Å². The van der Waals surface area contributed by atoms with E-state index in [1.165, 1.54) is 20.6 Å². The van der Waals surface area contributed by atoms with Gasteiger partial charge in [0.15, 0.2) is 0 Å². The molecule has 0 spiro atoms. The molecule has 1 aliphatic rings. The van der Waals surface area contributed by atoms with E-state index in [0.29, 0.717) is 0 Å². The summed E-state index contributed by atoms with van der Waals surface area (Å²) in [5.74, 6) is 1.14. The first kappa shape index (κ1) is 26.1. The van der Waals surface area contributed by atoms with Crippen LogP contribution < -0.4 is 3.32 Å². The van der Waals surface area contributed by atoms with Gasteiger partial charge >= 0.3 is 165 Å². The average molecular weight is 414 g/mol. The van der Waals surface area contributed by atoms with E-state index >= 15 is 0 Å². The third-order valence-electron chi connectivity index (χ3n) is 4.63. The maximum Gasteiger partial charge on any atom is -0.269 e. The summed E-state index contributed by atoms with van der Waals surface area (Å²) < 4.78 is 8.06. The number of halogens is 2. The predicted molar refractivity (Wildman–Crippen MR) is 110 cm³/mol. The minimum atomic E-state index is -0.578. The van der Waals surface area contributed by atoms with Crippen molar-refractivity contribution in [2.45, 2.75) is 85.0 Å². The van der Waals surface area contributed by atoms with Crippen LogP contribution >= 0.6 is 0 Å². The molecule has 0 aliphatic heterocycles. The molecule has 0 aromatic heterocycles. The van der Waals surface area contributed by atoms with Gasteiger partial charge in [-0.15, -0.1) is 0 Å². The molecule has 0 bridgehead atoms. The molecule has 1 aromatic rings. The van der Waals surface area contributed by atoms with Crippen molar-refractivity contribution in [1.29, 1.82) is 0 Å². The van der Waals surface area contributed by atoms with Gasteiger partial charge in [0, 0.05) is 0 Å². The molecule has 152 valence electrons. The third-order valence-corrected chi connectivity index (χ3v) is 6.09. The van der Waals surface area contributed by atoms with Crippen LogP contribution in [0.1, 0.15) is 85.4 Å². The summed E-state index contributed by atoms with van der Waals surface area (Å²) in [6.07, 6.45) is 7.67. The zero-order valence-corrected chi connectivity index (χ0v) is 19.9. The molecule has 1 aliphatic carbocycles. The van der Waals surface area contributed by atoms with Crippen molar-refractivity contribution in [1.82, 2.24) is 0 Å². The van der Waals surface area contributed by atoms with E-state index < -0.39 is 19.5 Å². The van der Waals surface area contributed by atoms with Crippen LogP contribution in [-0.2, 0) is 35.8 Å². The van der Waals surface area contributed by atoms with Crippen molar-refractivity contribution >= 4 is 0 Å². The summed E-state index contributed by atoms with van der Waals surface area (Å²) in [6, 6.07) is 4.77. The number of hydrogen-bond acceptors (Lipinski definition) is 1. The van der Waals surface area contributed by atoms with Crippen molar-refractivity contribution in [2.75, 3.05) is 0 Å². The summed E-state index contributed by atoms with van der Waals surface area (Å²) in [5.41, 5.74) is 4.35. The van der Waals surface area contributed by atoms with Crippen molar-refractivity contribution < 1.29 is 32.3 Å². The van der Waals surface area contributed by atoms with E-state index in [1.807, 2.05) is 0 Å². The Bertz CT molecular complexity index is 664. The molecule has 4 heteroatoms. The van der Waals surface area contributed by atoms with E-state index in [1.54, 1.807) is 0 Å². The molecule has 0 unspecified atom stereocenters. The standard InChI is InChI=1S/C18H30O.C5H5.2FH.Ti/c1-16(2,3)12-10-13(17(4,5)6)15(19)14(11-12)18(7,8)9;1-2-4-5-3-1;;;/h10-11,19H,1-9H3;1-3H,4H2;2*1H;/q;;;;+1/p-1. The smallest absolute Gasteiger partial charge is 0.269 e. The van der Waals surface area contributed by atoms with Crippen LogP contribution in [0.4, 0.5) is 9.41 Å². The fraction of sp³-hybridized carbons (Fsp3) is 0.565. The molecule has 2 rings (SSSR count). The Labute approximate surface area is 173 Å². The van der Waals surface area contributed by atoms with Gasteiger partial charge in [0.05, 0.1) is 0 Å². The first-order valence-electron chi connectivity index (χ1n) is 9.28. The molecule has 0 radical (unpaired) electrons. The van der Waals surface area contributed by atoms with Crippen molar-refractivity contribution in [2.24, 2.45) is 0 Å². The monoisotopic (exact) mass is 414 g/mol. The first-order chi connectivity index (χ1) is 11.3. The summed E-state index contributed by atoms with van der Waals surface area (Å²) in [4.78, 5) is 0. The van der Waals surface area contributed by atoms with Crippen LogP contribution in [0, 0.1) is 0 Å². The second kappa shape index (κ2) is 9.05. The Morgan fingerprint density at radius 1 is 0.778 bits per heavy atom. The quantitative estimate of drug-likeness (QED) is 0.479. The first-order valence-corrected chi connectivity index (χ1v) is 10.7. The van der Waals surface area contributed by atoms with Crippen LogP contribution in [0.2, 0.25) is 0 Å². The van der Waals surface area contributed by atoms with Crippen molar-refractivity contribution in [3.63, 3.8) is 0 Å². The normalized spacial score (nSPS) is 14.2. The Hall–Kier alpha value is -0.926. The molecule has 0 saturated carbocycles. The Morgan fingerprint density at radius 2 is 1.26 bits per heavy atom. The average Bonchev–Trinajstić information content (AvgIpc) is 2.94. The van der Waals surface area contributed by atoms with E-state index in [2.05, 4.69) is 92.7 Å². The van der Waals surface area contributed by atoms with E-state index in [4.69, 9.17) is 3.32 Å².